The summed E-state index contributed by atoms with van der Waals surface area (Å²) in [6, 6.07) is 20.4. The van der Waals surface area contributed by atoms with Crippen LogP contribution in [0.2, 0.25) is 0 Å². The summed E-state index contributed by atoms with van der Waals surface area (Å²) in [7, 11) is 1.59. The van der Waals surface area contributed by atoms with Crippen LogP contribution in [0.1, 0.15) is 17.3 Å². The van der Waals surface area contributed by atoms with Gasteiger partial charge in [-0.25, -0.2) is 4.68 Å². The first-order valence-electron chi connectivity index (χ1n) is 11.5. The van der Waals surface area contributed by atoms with Crippen LogP contribution in [-0.2, 0) is 4.74 Å². The fourth-order valence-corrected chi connectivity index (χ4v) is 3.47. The number of aromatic nitrogens is 3. The first kappa shape index (κ1) is 25.6. The molecule has 4 aromatic rings. The third-order valence-corrected chi connectivity index (χ3v) is 5.28. The maximum atomic E-state index is 12.6. The van der Waals surface area contributed by atoms with Crippen molar-refractivity contribution in [3.63, 3.8) is 0 Å². The number of anilines is 2. The van der Waals surface area contributed by atoms with Gasteiger partial charge < -0.3 is 30.0 Å². The van der Waals surface area contributed by atoms with Gasteiger partial charge in [0, 0.05) is 23.4 Å². The Morgan fingerprint density at radius 3 is 2.59 bits per heavy atom. The molecule has 0 fully saturated rings. The second kappa shape index (κ2) is 12.0. The number of hydrogen-bond donors (Lipinski definition) is 2. The highest BCUT2D eigenvalue weighted by atomic mass is 16.8. The van der Waals surface area contributed by atoms with E-state index < -0.39 is 5.91 Å². The lowest BCUT2D eigenvalue weighted by Crippen LogP contribution is -2.13. The Labute approximate surface area is 213 Å². The molecule has 0 aliphatic carbocycles. The number of carbonyl (C=O) groups is 1. The molecule has 0 aliphatic heterocycles. The highest BCUT2D eigenvalue weighted by molar-refractivity contribution is 6.04. The molecule has 0 unspecified atom stereocenters. The highest BCUT2D eigenvalue weighted by Crippen LogP contribution is 2.27. The molecule has 0 bridgehead atoms. The van der Waals surface area contributed by atoms with E-state index in [0.29, 0.717) is 42.8 Å². The van der Waals surface area contributed by atoms with Crippen LogP contribution in [0.4, 0.5) is 11.4 Å². The molecule has 11 heteroatoms. The molecule has 0 spiro atoms. The number of methoxy groups -OCH3 is 1. The zero-order chi connectivity index (χ0) is 26.2. The van der Waals surface area contributed by atoms with E-state index in [1.165, 1.54) is 18.2 Å². The summed E-state index contributed by atoms with van der Waals surface area (Å²) in [6.07, 6.45) is 0. The van der Waals surface area contributed by atoms with Gasteiger partial charge in [0.2, 0.25) is 0 Å². The average Bonchev–Trinajstić information content (AvgIpc) is 3.36. The standard InChI is InChI=1S/C26H26N5O6/c1-3-36-14-15-37-26-28-24(18-6-5-9-23(17-18)35-2)30(29-26)21-12-10-20(11-13-21)27-25(32)19-7-4-8-22(16-19)31(33)34/h4-13,16-17,33H,3,14-15H2,1-2H3,(H,27,32)/q-1. The lowest BCUT2D eigenvalue weighted by molar-refractivity contribution is 0.102. The van der Waals surface area contributed by atoms with Crippen molar-refractivity contribution in [1.29, 1.82) is 0 Å². The predicted octanol–water partition coefficient (Wildman–Crippen LogP) is 4.30. The minimum atomic E-state index is -0.431. The summed E-state index contributed by atoms with van der Waals surface area (Å²) in [5, 5.41) is 27.2. The van der Waals surface area contributed by atoms with Gasteiger partial charge in [-0.15, -0.1) is 5.10 Å². The molecule has 0 saturated heterocycles. The zero-order valence-corrected chi connectivity index (χ0v) is 20.3. The number of benzene rings is 3. The molecule has 37 heavy (non-hydrogen) atoms. The van der Waals surface area contributed by atoms with Crippen LogP contribution in [-0.4, -0.2) is 52.8 Å². The van der Waals surface area contributed by atoms with Crippen LogP contribution >= 0.6 is 0 Å². The van der Waals surface area contributed by atoms with E-state index >= 15 is 0 Å². The largest absolute Gasteiger partial charge is 0.733 e. The van der Waals surface area contributed by atoms with Crippen LogP contribution in [0.3, 0.4) is 0 Å². The maximum absolute atomic E-state index is 12.6. The van der Waals surface area contributed by atoms with E-state index in [9.17, 15) is 10.0 Å². The number of rotatable bonds is 11. The van der Waals surface area contributed by atoms with Gasteiger partial charge in [0.05, 0.1) is 25.1 Å². The summed E-state index contributed by atoms with van der Waals surface area (Å²) in [6.45, 7) is 3.23. The fraction of sp³-hybridized carbons (Fsp3) is 0.192. The minimum absolute atomic E-state index is 0.0430. The van der Waals surface area contributed by atoms with E-state index in [2.05, 4.69) is 15.4 Å². The quantitative estimate of drug-likeness (QED) is 0.226. The molecular formula is C26H26N5O6-. The minimum Gasteiger partial charge on any atom is -0.733 e. The van der Waals surface area contributed by atoms with Gasteiger partial charge in [0.25, 0.3) is 5.91 Å². The summed E-state index contributed by atoms with van der Waals surface area (Å²) in [4.78, 5) is 17.2. The molecule has 0 aliphatic rings. The summed E-state index contributed by atoms with van der Waals surface area (Å²) >= 11 is 0. The predicted molar refractivity (Wildman–Crippen MR) is 137 cm³/mol. The number of amides is 1. The molecule has 0 radical (unpaired) electrons. The smallest absolute Gasteiger partial charge is 0.336 e. The molecule has 192 valence electrons. The Balaban J connectivity index is 1.58. The fourth-order valence-electron chi connectivity index (χ4n) is 3.47. The van der Waals surface area contributed by atoms with Crippen molar-refractivity contribution in [3.05, 3.63) is 83.6 Å². The Hall–Kier alpha value is -4.45. The first-order chi connectivity index (χ1) is 18.0. The Bertz CT molecular complexity index is 1340. The van der Waals surface area contributed by atoms with Crippen molar-refractivity contribution in [1.82, 2.24) is 14.8 Å². The topological polar surface area (TPSA) is 134 Å². The van der Waals surface area contributed by atoms with Crippen molar-refractivity contribution in [3.8, 4) is 28.8 Å². The van der Waals surface area contributed by atoms with Gasteiger partial charge in [-0.1, -0.05) is 18.2 Å². The monoisotopic (exact) mass is 504 g/mol. The van der Waals surface area contributed by atoms with Gasteiger partial charge in [-0.05, 0) is 61.5 Å². The van der Waals surface area contributed by atoms with Crippen molar-refractivity contribution in [2.24, 2.45) is 0 Å². The zero-order valence-electron chi connectivity index (χ0n) is 20.3. The van der Waals surface area contributed by atoms with Gasteiger partial charge in [0.1, 0.15) is 12.4 Å². The summed E-state index contributed by atoms with van der Waals surface area (Å²) in [5.41, 5.74) is 2.17. The molecule has 1 heterocycles. The lowest BCUT2D eigenvalue weighted by Gasteiger charge is -2.21. The Kier molecular flexibility index (Phi) is 8.31. The molecule has 3 aromatic carbocycles. The van der Waals surface area contributed by atoms with E-state index in [0.717, 1.165) is 5.56 Å². The summed E-state index contributed by atoms with van der Waals surface area (Å²) in [5.74, 6) is 0.790. The molecule has 1 amide bonds. The first-order valence-corrected chi connectivity index (χ1v) is 11.5. The molecule has 11 nitrogen and oxygen atoms in total. The summed E-state index contributed by atoms with van der Waals surface area (Å²) < 4.78 is 18.0. The highest BCUT2D eigenvalue weighted by Gasteiger charge is 2.16. The Morgan fingerprint density at radius 2 is 1.86 bits per heavy atom. The van der Waals surface area contributed by atoms with E-state index in [1.807, 2.05) is 31.2 Å². The van der Waals surface area contributed by atoms with Crippen molar-refractivity contribution in [2.45, 2.75) is 6.92 Å². The van der Waals surface area contributed by atoms with Crippen molar-refractivity contribution in [2.75, 3.05) is 37.5 Å². The lowest BCUT2D eigenvalue weighted by atomic mass is 10.1. The molecule has 2 N–H and O–H groups in total. The molecule has 0 saturated carbocycles. The van der Waals surface area contributed by atoms with Crippen molar-refractivity contribution >= 4 is 17.3 Å². The number of nitrogens with zero attached hydrogens (tertiary/aromatic N) is 4. The van der Waals surface area contributed by atoms with E-state index in [4.69, 9.17) is 19.4 Å². The number of nitrogens with one attached hydrogen (secondary N) is 1. The third-order valence-electron chi connectivity index (χ3n) is 5.28. The third kappa shape index (κ3) is 6.41. The number of hydrogen-bond acceptors (Lipinski definition) is 9. The van der Waals surface area contributed by atoms with Crippen LogP contribution < -0.4 is 20.0 Å². The van der Waals surface area contributed by atoms with Gasteiger partial charge in [-0.3, -0.25) is 10.0 Å². The van der Waals surface area contributed by atoms with E-state index in [-0.39, 0.29) is 22.5 Å². The van der Waals surface area contributed by atoms with Gasteiger partial charge in [-0.2, -0.15) is 4.98 Å². The molecule has 4 rings (SSSR count). The van der Waals surface area contributed by atoms with Crippen LogP contribution in [0.5, 0.6) is 11.8 Å². The average molecular weight is 505 g/mol. The van der Waals surface area contributed by atoms with Gasteiger partial charge >= 0.3 is 6.01 Å². The van der Waals surface area contributed by atoms with Crippen LogP contribution in [0, 0.1) is 5.21 Å². The SMILES string of the molecule is CCOCCOc1nc(-c2cccc(OC)c2)n(-c2ccc(NC(=O)c3cccc(N([O-])O)c3)cc2)n1. The van der Waals surface area contributed by atoms with Gasteiger partial charge in [0.15, 0.2) is 5.82 Å². The molecule has 0 atom stereocenters. The Morgan fingerprint density at radius 1 is 1.08 bits per heavy atom. The number of carbonyl (C=O) groups excluding carboxylic acids is 1. The van der Waals surface area contributed by atoms with E-state index in [1.54, 1.807) is 42.1 Å². The maximum Gasteiger partial charge on any atom is 0.336 e. The molecular weight excluding hydrogens is 478 g/mol. The van der Waals surface area contributed by atoms with Crippen LogP contribution in [0.15, 0.2) is 72.8 Å². The molecule has 1 aromatic heterocycles. The van der Waals surface area contributed by atoms with Crippen LogP contribution in [0.25, 0.3) is 17.1 Å². The normalized spacial score (nSPS) is 10.7. The second-order valence-electron chi connectivity index (χ2n) is 7.73. The van der Waals surface area contributed by atoms with Crippen molar-refractivity contribution < 1.29 is 24.2 Å². The number of ether oxygens (including phenoxy) is 3. The second-order valence-corrected chi connectivity index (χ2v) is 7.73.